The molecule has 0 spiro atoms. The van der Waals surface area contributed by atoms with E-state index in [1.807, 2.05) is 31.2 Å². The summed E-state index contributed by atoms with van der Waals surface area (Å²) in [5, 5.41) is 5.28. The molecule has 1 heterocycles. The molecular formula is C20H17F3N4O. The van der Waals surface area contributed by atoms with Gasteiger partial charge in [-0.1, -0.05) is 42.0 Å². The Hall–Kier alpha value is -3.42. The Morgan fingerprint density at radius 3 is 2.29 bits per heavy atom. The van der Waals surface area contributed by atoms with Crippen LogP contribution in [0.4, 0.5) is 24.8 Å². The van der Waals surface area contributed by atoms with E-state index in [9.17, 15) is 18.0 Å². The predicted molar refractivity (Wildman–Crippen MR) is 99.9 cm³/mol. The summed E-state index contributed by atoms with van der Waals surface area (Å²) in [5.41, 5.74) is 1.02. The molecule has 0 aliphatic heterocycles. The van der Waals surface area contributed by atoms with Crippen molar-refractivity contribution in [3.05, 3.63) is 83.2 Å². The van der Waals surface area contributed by atoms with Gasteiger partial charge in [-0.3, -0.25) is 4.79 Å². The molecule has 0 saturated carbocycles. The van der Waals surface area contributed by atoms with E-state index >= 15 is 0 Å². The van der Waals surface area contributed by atoms with Gasteiger partial charge in [-0.2, -0.15) is 13.2 Å². The van der Waals surface area contributed by atoms with Gasteiger partial charge in [-0.25, -0.2) is 9.97 Å². The Morgan fingerprint density at radius 1 is 1.00 bits per heavy atom. The standard InChI is InChI=1S/C20H17F3N4O/c1-13-6-8-14(9-7-13)10-24-19-25-11-15(12-26-19)18(28)27-17-5-3-2-4-16(17)20(21,22)23/h2-9,11-12H,10H2,1H3,(H,27,28)(H,24,25,26). The SMILES string of the molecule is Cc1ccc(CNc2ncc(C(=O)Nc3ccccc3C(F)(F)F)cn2)cc1. The summed E-state index contributed by atoms with van der Waals surface area (Å²) in [7, 11) is 0. The Balaban J connectivity index is 1.65. The van der Waals surface area contributed by atoms with Crippen molar-refractivity contribution in [1.29, 1.82) is 0 Å². The lowest BCUT2D eigenvalue weighted by Crippen LogP contribution is -2.17. The third-order valence-electron chi connectivity index (χ3n) is 3.97. The minimum absolute atomic E-state index is 0.0536. The third-order valence-corrected chi connectivity index (χ3v) is 3.97. The van der Waals surface area contributed by atoms with Crippen LogP contribution in [-0.4, -0.2) is 15.9 Å². The van der Waals surface area contributed by atoms with Gasteiger partial charge in [0.25, 0.3) is 5.91 Å². The Labute approximate surface area is 159 Å². The number of para-hydroxylation sites is 1. The second-order valence-corrected chi connectivity index (χ2v) is 6.13. The van der Waals surface area contributed by atoms with Crippen LogP contribution in [-0.2, 0) is 12.7 Å². The molecule has 2 N–H and O–H groups in total. The first-order valence-corrected chi connectivity index (χ1v) is 8.42. The molecule has 0 bridgehead atoms. The number of anilines is 2. The molecule has 144 valence electrons. The fourth-order valence-electron chi connectivity index (χ4n) is 2.46. The second kappa shape index (κ2) is 8.08. The van der Waals surface area contributed by atoms with E-state index in [4.69, 9.17) is 0 Å². The van der Waals surface area contributed by atoms with E-state index in [-0.39, 0.29) is 11.3 Å². The van der Waals surface area contributed by atoms with Crippen molar-refractivity contribution in [2.24, 2.45) is 0 Å². The lowest BCUT2D eigenvalue weighted by Gasteiger charge is -2.13. The molecular weight excluding hydrogens is 369 g/mol. The van der Waals surface area contributed by atoms with Crippen LogP contribution in [0.25, 0.3) is 0 Å². The van der Waals surface area contributed by atoms with Crippen LogP contribution >= 0.6 is 0 Å². The first-order chi connectivity index (χ1) is 13.3. The molecule has 0 unspecified atom stereocenters. The van der Waals surface area contributed by atoms with Gasteiger partial charge in [0.1, 0.15) is 0 Å². The van der Waals surface area contributed by atoms with Crippen LogP contribution in [0.5, 0.6) is 0 Å². The predicted octanol–water partition coefficient (Wildman–Crippen LogP) is 4.67. The van der Waals surface area contributed by atoms with Crippen molar-refractivity contribution >= 4 is 17.5 Å². The van der Waals surface area contributed by atoms with Gasteiger partial charge < -0.3 is 10.6 Å². The van der Waals surface area contributed by atoms with Crippen molar-refractivity contribution in [2.45, 2.75) is 19.6 Å². The van der Waals surface area contributed by atoms with Crippen LogP contribution in [0.15, 0.2) is 60.9 Å². The summed E-state index contributed by atoms with van der Waals surface area (Å²) < 4.78 is 39.1. The number of halogens is 3. The van der Waals surface area contributed by atoms with Crippen LogP contribution in [0.1, 0.15) is 27.0 Å². The largest absolute Gasteiger partial charge is 0.418 e. The highest BCUT2D eigenvalue weighted by molar-refractivity contribution is 6.04. The summed E-state index contributed by atoms with van der Waals surface area (Å²) in [5.74, 6) is -0.408. The maximum atomic E-state index is 13.0. The number of carbonyl (C=O) groups is 1. The lowest BCUT2D eigenvalue weighted by atomic mass is 10.1. The minimum atomic E-state index is -4.57. The fourth-order valence-corrected chi connectivity index (χ4v) is 2.46. The van der Waals surface area contributed by atoms with E-state index < -0.39 is 17.6 Å². The first-order valence-electron chi connectivity index (χ1n) is 8.42. The second-order valence-electron chi connectivity index (χ2n) is 6.13. The topological polar surface area (TPSA) is 66.9 Å². The Kier molecular flexibility index (Phi) is 5.58. The zero-order valence-electron chi connectivity index (χ0n) is 14.9. The minimum Gasteiger partial charge on any atom is -0.350 e. The molecule has 0 fully saturated rings. The van der Waals surface area contributed by atoms with Crippen LogP contribution < -0.4 is 10.6 Å². The Bertz CT molecular complexity index is 954. The first kappa shape index (κ1) is 19.3. The number of hydrogen-bond donors (Lipinski definition) is 2. The summed E-state index contributed by atoms with van der Waals surface area (Å²) in [4.78, 5) is 20.3. The average molecular weight is 386 g/mol. The molecule has 1 amide bonds. The number of aromatic nitrogens is 2. The molecule has 8 heteroatoms. The number of hydrogen-bond acceptors (Lipinski definition) is 4. The number of nitrogens with one attached hydrogen (secondary N) is 2. The van der Waals surface area contributed by atoms with E-state index in [0.717, 1.165) is 17.2 Å². The molecule has 0 atom stereocenters. The van der Waals surface area contributed by atoms with E-state index in [0.29, 0.717) is 12.5 Å². The van der Waals surface area contributed by atoms with Gasteiger partial charge in [-0.05, 0) is 24.6 Å². The lowest BCUT2D eigenvalue weighted by molar-refractivity contribution is -0.136. The highest BCUT2D eigenvalue weighted by Crippen LogP contribution is 2.34. The number of rotatable bonds is 5. The molecule has 0 aliphatic carbocycles. The highest BCUT2D eigenvalue weighted by atomic mass is 19.4. The number of nitrogens with zero attached hydrogens (tertiary/aromatic N) is 2. The molecule has 5 nitrogen and oxygen atoms in total. The summed E-state index contributed by atoms with van der Waals surface area (Å²) in [6.07, 6.45) is -2.05. The van der Waals surface area contributed by atoms with Gasteiger partial charge in [0.05, 0.1) is 16.8 Å². The van der Waals surface area contributed by atoms with Crippen LogP contribution in [0.3, 0.4) is 0 Å². The molecule has 0 radical (unpaired) electrons. The van der Waals surface area contributed by atoms with Crippen molar-refractivity contribution in [1.82, 2.24) is 9.97 Å². The average Bonchev–Trinajstić information content (AvgIpc) is 2.67. The molecule has 0 aliphatic rings. The van der Waals surface area contributed by atoms with Gasteiger partial charge in [0, 0.05) is 18.9 Å². The fraction of sp³-hybridized carbons (Fsp3) is 0.150. The van der Waals surface area contributed by atoms with Gasteiger partial charge in [0.15, 0.2) is 0 Å². The molecule has 0 saturated heterocycles. The Morgan fingerprint density at radius 2 is 1.64 bits per heavy atom. The van der Waals surface area contributed by atoms with Gasteiger partial charge in [-0.15, -0.1) is 0 Å². The number of alkyl halides is 3. The normalized spacial score (nSPS) is 11.1. The summed E-state index contributed by atoms with van der Waals surface area (Å²) in [6.45, 7) is 2.50. The van der Waals surface area contributed by atoms with Crippen LogP contribution in [0.2, 0.25) is 0 Å². The van der Waals surface area contributed by atoms with Crippen molar-refractivity contribution < 1.29 is 18.0 Å². The smallest absolute Gasteiger partial charge is 0.350 e. The van der Waals surface area contributed by atoms with Crippen molar-refractivity contribution in [3.8, 4) is 0 Å². The van der Waals surface area contributed by atoms with Crippen LogP contribution in [0, 0.1) is 6.92 Å². The highest BCUT2D eigenvalue weighted by Gasteiger charge is 2.33. The molecule has 3 rings (SSSR count). The number of carbonyl (C=O) groups excluding carboxylic acids is 1. The van der Waals surface area contributed by atoms with E-state index in [1.165, 1.54) is 30.6 Å². The quantitative estimate of drug-likeness (QED) is 0.669. The van der Waals surface area contributed by atoms with Crippen molar-refractivity contribution in [2.75, 3.05) is 10.6 Å². The summed E-state index contributed by atoms with van der Waals surface area (Å²) >= 11 is 0. The van der Waals surface area contributed by atoms with Gasteiger partial charge >= 0.3 is 6.18 Å². The number of amides is 1. The van der Waals surface area contributed by atoms with Gasteiger partial charge in [0.2, 0.25) is 5.95 Å². The number of aryl methyl sites for hydroxylation is 1. The maximum absolute atomic E-state index is 13.0. The molecule has 2 aromatic carbocycles. The summed E-state index contributed by atoms with van der Waals surface area (Å²) in [6, 6.07) is 12.7. The van der Waals surface area contributed by atoms with E-state index in [1.54, 1.807) is 0 Å². The van der Waals surface area contributed by atoms with Crippen molar-refractivity contribution in [3.63, 3.8) is 0 Å². The molecule has 28 heavy (non-hydrogen) atoms. The zero-order chi connectivity index (χ0) is 20.1. The molecule has 1 aromatic heterocycles. The zero-order valence-corrected chi connectivity index (χ0v) is 14.9. The van der Waals surface area contributed by atoms with E-state index in [2.05, 4.69) is 20.6 Å². The monoisotopic (exact) mass is 386 g/mol. The number of benzene rings is 2. The molecule has 3 aromatic rings. The third kappa shape index (κ3) is 4.85. The maximum Gasteiger partial charge on any atom is 0.418 e.